The molecule has 1 aromatic carbocycles. The maximum absolute atomic E-state index is 10.5. The minimum absolute atomic E-state index is 0.358. The van der Waals surface area contributed by atoms with E-state index in [1.54, 1.807) is 0 Å². The predicted molar refractivity (Wildman–Crippen MR) is 80.3 cm³/mol. The van der Waals surface area contributed by atoms with Crippen molar-refractivity contribution >= 4 is 34.2 Å². The minimum Gasteiger partial charge on any atom is -0.388 e. The van der Waals surface area contributed by atoms with Gasteiger partial charge in [-0.05, 0) is 71.0 Å². The van der Waals surface area contributed by atoms with Crippen molar-refractivity contribution in [3.05, 3.63) is 32.4 Å². The molecule has 0 radical (unpaired) electrons. The first-order chi connectivity index (χ1) is 8.08. The highest BCUT2D eigenvalue weighted by atomic mass is 127. The second kappa shape index (κ2) is 5.89. The summed E-state index contributed by atoms with van der Waals surface area (Å²) in [6.45, 7) is 2.28. The minimum atomic E-state index is -0.358. The Balaban J connectivity index is 2.18. The molecule has 3 heteroatoms. The van der Waals surface area contributed by atoms with Gasteiger partial charge in [0.15, 0.2) is 0 Å². The third-order valence-corrected chi connectivity index (χ3v) is 4.92. The fraction of sp³-hybridized carbons (Fsp3) is 0.571. The van der Waals surface area contributed by atoms with Gasteiger partial charge in [0.05, 0.1) is 6.10 Å². The zero-order valence-corrected chi connectivity index (χ0v) is 12.9. The largest absolute Gasteiger partial charge is 0.388 e. The van der Waals surface area contributed by atoms with Gasteiger partial charge in [0.1, 0.15) is 0 Å². The molecule has 94 valence electrons. The van der Waals surface area contributed by atoms with Crippen molar-refractivity contribution in [3.63, 3.8) is 0 Å². The lowest BCUT2D eigenvalue weighted by atomic mass is 9.78. The molecule has 17 heavy (non-hydrogen) atoms. The molecule has 0 amide bonds. The van der Waals surface area contributed by atoms with Gasteiger partial charge in [0.25, 0.3) is 0 Å². The summed E-state index contributed by atoms with van der Waals surface area (Å²) in [6, 6.07) is 5.77. The van der Waals surface area contributed by atoms with E-state index in [4.69, 9.17) is 11.6 Å². The van der Waals surface area contributed by atoms with Crippen molar-refractivity contribution in [1.29, 1.82) is 0 Å². The average Bonchev–Trinajstić information content (AvgIpc) is 2.31. The van der Waals surface area contributed by atoms with Crippen LogP contribution in [0.4, 0.5) is 0 Å². The Morgan fingerprint density at radius 1 is 1.41 bits per heavy atom. The quantitative estimate of drug-likeness (QED) is 0.747. The van der Waals surface area contributed by atoms with Crippen molar-refractivity contribution in [1.82, 2.24) is 0 Å². The molecule has 1 fully saturated rings. The van der Waals surface area contributed by atoms with Gasteiger partial charge < -0.3 is 5.11 Å². The Morgan fingerprint density at radius 2 is 2.18 bits per heavy atom. The van der Waals surface area contributed by atoms with Crippen molar-refractivity contribution in [2.45, 2.75) is 38.7 Å². The number of benzene rings is 1. The molecule has 1 nitrogen and oxygen atoms in total. The molecule has 0 aromatic heterocycles. The molecule has 1 aromatic rings. The first kappa shape index (κ1) is 13.6. The van der Waals surface area contributed by atoms with Crippen LogP contribution in [-0.2, 0) is 0 Å². The van der Waals surface area contributed by atoms with E-state index in [1.807, 2.05) is 18.2 Å². The molecule has 2 rings (SSSR count). The smallest absolute Gasteiger partial charge is 0.0829 e. The van der Waals surface area contributed by atoms with Crippen LogP contribution in [0.5, 0.6) is 0 Å². The summed E-state index contributed by atoms with van der Waals surface area (Å²) < 4.78 is 1.11. The van der Waals surface area contributed by atoms with Gasteiger partial charge in [-0.1, -0.05) is 31.4 Å². The Bertz CT molecular complexity index is 394. The van der Waals surface area contributed by atoms with Gasteiger partial charge in [-0.25, -0.2) is 0 Å². The van der Waals surface area contributed by atoms with E-state index >= 15 is 0 Å². The van der Waals surface area contributed by atoms with Gasteiger partial charge in [-0.3, -0.25) is 0 Å². The fourth-order valence-corrected chi connectivity index (χ4v) is 3.60. The Kier molecular flexibility index (Phi) is 4.72. The average molecular weight is 365 g/mol. The lowest BCUT2D eigenvalue weighted by molar-refractivity contribution is 0.0708. The van der Waals surface area contributed by atoms with Crippen molar-refractivity contribution in [2.24, 2.45) is 11.8 Å². The van der Waals surface area contributed by atoms with E-state index in [9.17, 15) is 5.11 Å². The molecular weight excluding hydrogens is 347 g/mol. The topological polar surface area (TPSA) is 20.2 Å². The zero-order valence-electron chi connectivity index (χ0n) is 10.00. The normalized spacial score (nSPS) is 26.8. The molecule has 0 heterocycles. The maximum Gasteiger partial charge on any atom is 0.0829 e. The Hall–Kier alpha value is 0.200. The van der Waals surface area contributed by atoms with E-state index in [-0.39, 0.29) is 6.10 Å². The highest BCUT2D eigenvalue weighted by Gasteiger charge is 2.27. The van der Waals surface area contributed by atoms with E-state index in [0.717, 1.165) is 27.9 Å². The van der Waals surface area contributed by atoms with Gasteiger partial charge in [-0.2, -0.15) is 0 Å². The first-order valence-electron chi connectivity index (χ1n) is 6.21. The highest BCUT2D eigenvalue weighted by molar-refractivity contribution is 14.1. The van der Waals surface area contributed by atoms with E-state index in [2.05, 4.69) is 29.5 Å². The Labute approximate surface area is 122 Å². The summed E-state index contributed by atoms with van der Waals surface area (Å²) in [5, 5.41) is 11.2. The Morgan fingerprint density at radius 3 is 2.88 bits per heavy atom. The zero-order chi connectivity index (χ0) is 12.4. The molecule has 1 aliphatic rings. The van der Waals surface area contributed by atoms with Gasteiger partial charge in [-0.15, -0.1) is 0 Å². The summed E-state index contributed by atoms with van der Waals surface area (Å²) >= 11 is 8.29. The lowest BCUT2D eigenvalue weighted by Crippen LogP contribution is -2.20. The van der Waals surface area contributed by atoms with Crippen molar-refractivity contribution in [3.8, 4) is 0 Å². The molecular formula is C14H18ClIO. The summed E-state index contributed by atoms with van der Waals surface area (Å²) in [4.78, 5) is 0. The second-order valence-corrected chi connectivity index (χ2v) is 6.74. The molecule has 0 aliphatic heterocycles. The van der Waals surface area contributed by atoms with Gasteiger partial charge in [0, 0.05) is 8.59 Å². The van der Waals surface area contributed by atoms with Crippen LogP contribution in [-0.4, -0.2) is 5.11 Å². The van der Waals surface area contributed by atoms with Crippen LogP contribution >= 0.6 is 34.2 Å². The number of hydrogen-bond acceptors (Lipinski definition) is 1. The highest BCUT2D eigenvalue weighted by Crippen LogP contribution is 2.38. The number of aliphatic hydroxyl groups is 1. The summed E-state index contributed by atoms with van der Waals surface area (Å²) in [5.74, 6) is 1.13. The monoisotopic (exact) mass is 364 g/mol. The lowest BCUT2D eigenvalue weighted by Gasteiger charge is -2.31. The van der Waals surface area contributed by atoms with Crippen molar-refractivity contribution < 1.29 is 5.11 Å². The molecule has 3 unspecified atom stereocenters. The third kappa shape index (κ3) is 3.36. The second-order valence-electron chi connectivity index (χ2n) is 5.14. The standard InChI is InChI=1S/C14H18ClIO/c1-9-3-2-4-10(7-9)14(17)12-8-11(15)5-6-13(12)16/h5-6,8-10,14,17H,2-4,7H2,1H3. The SMILES string of the molecule is CC1CCCC(C(O)c2cc(Cl)ccc2I)C1. The van der Waals surface area contributed by atoms with Crippen molar-refractivity contribution in [2.75, 3.05) is 0 Å². The van der Waals surface area contributed by atoms with Crippen LogP contribution in [0.2, 0.25) is 5.02 Å². The van der Waals surface area contributed by atoms with E-state index in [1.165, 1.54) is 12.8 Å². The number of hydrogen-bond donors (Lipinski definition) is 1. The molecule has 0 bridgehead atoms. The van der Waals surface area contributed by atoms with E-state index in [0.29, 0.717) is 10.9 Å². The van der Waals surface area contributed by atoms with Crippen LogP contribution < -0.4 is 0 Å². The van der Waals surface area contributed by atoms with Crippen LogP contribution in [0, 0.1) is 15.4 Å². The molecule has 0 spiro atoms. The number of rotatable bonds is 2. The van der Waals surface area contributed by atoms with Crippen LogP contribution in [0.25, 0.3) is 0 Å². The molecule has 3 atom stereocenters. The first-order valence-corrected chi connectivity index (χ1v) is 7.66. The molecule has 0 saturated heterocycles. The molecule has 1 N–H and O–H groups in total. The maximum atomic E-state index is 10.5. The van der Waals surface area contributed by atoms with Crippen LogP contribution in [0.15, 0.2) is 18.2 Å². The summed E-state index contributed by atoms with van der Waals surface area (Å²) in [7, 11) is 0. The van der Waals surface area contributed by atoms with Gasteiger partial charge >= 0.3 is 0 Å². The van der Waals surface area contributed by atoms with E-state index < -0.39 is 0 Å². The molecule has 1 aliphatic carbocycles. The number of aliphatic hydroxyl groups excluding tert-OH is 1. The summed E-state index contributed by atoms with van der Waals surface area (Å²) in [6.07, 6.45) is 4.44. The fourth-order valence-electron chi connectivity index (χ4n) is 2.76. The van der Waals surface area contributed by atoms with Crippen LogP contribution in [0.3, 0.4) is 0 Å². The molecule has 1 saturated carbocycles. The summed E-state index contributed by atoms with van der Waals surface area (Å²) in [5.41, 5.74) is 0.997. The third-order valence-electron chi connectivity index (χ3n) is 3.70. The van der Waals surface area contributed by atoms with Crippen LogP contribution in [0.1, 0.15) is 44.3 Å². The predicted octanol–water partition coefficient (Wildman–Crippen LogP) is 4.80. The van der Waals surface area contributed by atoms with Gasteiger partial charge in [0.2, 0.25) is 0 Å². The number of halogens is 2.